The van der Waals surface area contributed by atoms with Crippen LogP contribution in [0.4, 0.5) is 5.69 Å². The van der Waals surface area contributed by atoms with Gasteiger partial charge in [0, 0.05) is 18.8 Å². The average Bonchev–Trinajstić information content (AvgIpc) is 3.13. The minimum Gasteiger partial charge on any atom is -0.593 e. The van der Waals surface area contributed by atoms with Crippen LogP contribution in [0.15, 0.2) is 41.3 Å². The number of benzene rings is 2. The van der Waals surface area contributed by atoms with Crippen molar-refractivity contribution in [3.63, 3.8) is 0 Å². The summed E-state index contributed by atoms with van der Waals surface area (Å²) in [5.74, 6) is -1.30. The summed E-state index contributed by atoms with van der Waals surface area (Å²) in [4.78, 5) is 14.3. The van der Waals surface area contributed by atoms with Crippen LogP contribution >= 0.6 is 23.2 Å². The Kier molecular flexibility index (Phi) is 5.76. The summed E-state index contributed by atoms with van der Waals surface area (Å²) >= 11 is 10.8. The van der Waals surface area contributed by atoms with E-state index in [1.54, 1.807) is 6.07 Å². The summed E-state index contributed by atoms with van der Waals surface area (Å²) < 4.78 is 15.0. The van der Waals surface area contributed by atoms with Crippen molar-refractivity contribution >= 4 is 46.2 Å². The minimum absolute atomic E-state index is 0.488. The lowest BCUT2D eigenvalue weighted by Crippen LogP contribution is -2.48. The summed E-state index contributed by atoms with van der Waals surface area (Å²) in [6, 6.07) is 11.2. The maximum absolute atomic E-state index is 13.1. The number of carboxylic acids is 1. The Hall–Kier alpha value is -1.44. The molecule has 1 aliphatic carbocycles. The molecule has 2 aliphatic rings. The van der Waals surface area contributed by atoms with Gasteiger partial charge in [-0.3, -0.25) is 4.79 Å². The number of aryl methyl sites for hydroxylation is 1. The van der Waals surface area contributed by atoms with Gasteiger partial charge in [-0.1, -0.05) is 29.3 Å². The molecule has 0 amide bonds. The first-order valence-electron chi connectivity index (χ1n) is 9.16. The third kappa shape index (κ3) is 3.84. The van der Waals surface area contributed by atoms with E-state index in [1.807, 2.05) is 34.6 Å². The number of aliphatic carboxylic acids is 1. The third-order valence-electron chi connectivity index (χ3n) is 5.44. The maximum atomic E-state index is 13.1. The van der Waals surface area contributed by atoms with Crippen LogP contribution in [-0.2, 0) is 22.6 Å². The third-order valence-corrected chi connectivity index (χ3v) is 7.67. The number of hydrogen-bond acceptors (Lipinski definition) is 4. The van der Waals surface area contributed by atoms with Gasteiger partial charge in [-0.15, -0.1) is 4.31 Å². The van der Waals surface area contributed by atoms with Crippen LogP contribution < -0.4 is 4.90 Å². The monoisotopic (exact) mass is 438 g/mol. The fourth-order valence-corrected chi connectivity index (χ4v) is 5.39. The lowest BCUT2D eigenvalue weighted by atomic mass is 10.0. The molecule has 5 nitrogen and oxygen atoms in total. The molecule has 0 aromatic heterocycles. The molecule has 0 bridgehead atoms. The molecule has 0 saturated carbocycles. The zero-order chi connectivity index (χ0) is 19.8. The first kappa shape index (κ1) is 19.9. The minimum atomic E-state index is -1.30. The molecule has 1 N–H and O–H groups in total. The Morgan fingerprint density at radius 2 is 1.82 bits per heavy atom. The second kappa shape index (κ2) is 8.13. The molecule has 148 valence electrons. The smallest absolute Gasteiger partial charge is 0.310 e. The fourth-order valence-electron chi connectivity index (χ4n) is 3.89. The van der Waals surface area contributed by atoms with Crippen LogP contribution in [-0.4, -0.2) is 46.1 Å². The van der Waals surface area contributed by atoms with Crippen LogP contribution in [0.3, 0.4) is 0 Å². The number of fused-ring (bicyclic) bond motifs is 1. The van der Waals surface area contributed by atoms with Crippen LogP contribution in [0.25, 0.3) is 0 Å². The summed E-state index contributed by atoms with van der Waals surface area (Å²) in [7, 11) is 0. The van der Waals surface area contributed by atoms with Crippen molar-refractivity contribution in [2.24, 2.45) is 0 Å². The molecule has 28 heavy (non-hydrogen) atoms. The number of halogens is 2. The molecule has 1 saturated heterocycles. The molecule has 2 aromatic rings. The SMILES string of the molecule is O=C(O)C1CCc2ccc([S+]([O-])N3CCN(c4ccc(Cl)c(Cl)c4)CC3)cc21. The number of anilines is 1. The Morgan fingerprint density at radius 1 is 1.07 bits per heavy atom. The van der Waals surface area contributed by atoms with Crippen molar-refractivity contribution in [3.8, 4) is 0 Å². The highest BCUT2D eigenvalue weighted by molar-refractivity contribution is 7.89. The van der Waals surface area contributed by atoms with E-state index in [-0.39, 0.29) is 0 Å². The second-order valence-corrected chi connectivity index (χ2v) is 9.35. The van der Waals surface area contributed by atoms with Gasteiger partial charge >= 0.3 is 5.97 Å². The van der Waals surface area contributed by atoms with Crippen molar-refractivity contribution < 1.29 is 14.5 Å². The number of carboxylic acid groups (broad SMARTS) is 1. The predicted molar refractivity (Wildman–Crippen MR) is 112 cm³/mol. The highest BCUT2D eigenvalue weighted by Gasteiger charge is 2.32. The highest BCUT2D eigenvalue weighted by Crippen LogP contribution is 2.35. The number of carbonyl (C=O) groups is 1. The summed E-state index contributed by atoms with van der Waals surface area (Å²) in [6.07, 6.45) is 1.38. The zero-order valence-electron chi connectivity index (χ0n) is 15.1. The topological polar surface area (TPSA) is 66.8 Å². The standard InChI is InChI=1S/C20H20Cl2N2O3S/c21-18-6-3-14(11-19(18)22)23-7-9-24(10-8-23)28(27)15-4-1-13-2-5-16(20(25)26)17(13)12-15/h1,3-4,6,11-12,16H,2,5,7-10H2,(H,25,26). The van der Waals surface area contributed by atoms with Gasteiger partial charge in [-0.2, -0.15) is 0 Å². The number of rotatable bonds is 4. The average molecular weight is 439 g/mol. The van der Waals surface area contributed by atoms with Crippen molar-refractivity contribution in [2.45, 2.75) is 23.7 Å². The van der Waals surface area contributed by atoms with E-state index in [0.717, 1.165) is 36.3 Å². The Labute approximate surface area is 177 Å². The van der Waals surface area contributed by atoms with Crippen molar-refractivity contribution in [2.75, 3.05) is 31.1 Å². The maximum Gasteiger partial charge on any atom is 0.310 e. The van der Waals surface area contributed by atoms with Gasteiger partial charge in [0.25, 0.3) is 0 Å². The summed E-state index contributed by atoms with van der Waals surface area (Å²) in [5, 5.41) is 10.5. The van der Waals surface area contributed by atoms with Gasteiger partial charge in [0.05, 0.1) is 40.4 Å². The van der Waals surface area contributed by atoms with E-state index in [0.29, 0.717) is 34.5 Å². The largest absolute Gasteiger partial charge is 0.593 e. The molecule has 0 radical (unpaired) electrons. The Balaban J connectivity index is 1.44. The molecular formula is C20H20Cl2N2O3S. The van der Waals surface area contributed by atoms with Gasteiger partial charge in [0.2, 0.25) is 0 Å². The lowest BCUT2D eigenvalue weighted by Gasteiger charge is -2.35. The Morgan fingerprint density at radius 3 is 2.50 bits per heavy atom. The number of piperazine rings is 1. The lowest BCUT2D eigenvalue weighted by molar-refractivity contribution is -0.138. The van der Waals surface area contributed by atoms with E-state index < -0.39 is 23.2 Å². The van der Waals surface area contributed by atoms with Gasteiger partial charge in [-0.05, 0) is 54.3 Å². The van der Waals surface area contributed by atoms with Crippen LogP contribution in [0.1, 0.15) is 23.5 Å². The van der Waals surface area contributed by atoms with E-state index in [4.69, 9.17) is 23.2 Å². The van der Waals surface area contributed by atoms with E-state index in [2.05, 4.69) is 4.90 Å². The number of hydrogen-bond donors (Lipinski definition) is 1. The molecule has 8 heteroatoms. The Bertz CT molecular complexity index is 903. The van der Waals surface area contributed by atoms with Crippen molar-refractivity contribution in [1.29, 1.82) is 0 Å². The molecule has 1 fully saturated rings. The normalized spacial score (nSPS) is 20.8. The highest BCUT2D eigenvalue weighted by atomic mass is 35.5. The van der Waals surface area contributed by atoms with Crippen LogP contribution in [0, 0.1) is 0 Å². The molecule has 1 aliphatic heterocycles. The predicted octanol–water partition coefficient (Wildman–Crippen LogP) is 3.95. The van der Waals surface area contributed by atoms with Gasteiger partial charge in [0.1, 0.15) is 0 Å². The fraction of sp³-hybridized carbons (Fsp3) is 0.350. The molecular weight excluding hydrogens is 419 g/mol. The second-order valence-electron chi connectivity index (χ2n) is 7.05. The summed E-state index contributed by atoms with van der Waals surface area (Å²) in [6.45, 7) is 2.75. The molecule has 2 aromatic carbocycles. The van der Waals surface area contributed by atoms with Gasteiger partial charge in [0.15, 0.2) is 4.90 Å². The van der Waals surface area contributed by atoms with Crippen LogP contribution in [0.5, 0.6) is 0 Å². The van der Waals surface area contributed by atoms with E-state index in [9.17, 15) is 14.5 Å². The van der Waals surface area contributed by atoms with Crippen molar-refractivity contribution in [3.05, 3.63) is 57.6 Å². The van der Waals surface area contributed by atoms with Gasteiger partial charge in [-0.25, -0.2) is 0 Å². The molecule has 4 rings (SSSR count). The quantitative estimate of drug-likeness (QED) is 0.731. The zero-order valence-corrected chi connectivity index (χ0v) is 17.4. The van der Waals surface area contributed by atoms with Gasteiger partial charge < -0.3 is 14.6 Å². The number of nitrogens with zero attached hydrogens (tertiary/aromatic N) is 2. The van der Waals surface area contributed by atoms with Crippen LogP contribution in [0.2, 0.25) is 10.0 Å². The van der Waals surface area contributed by atoms with Crippen molar-refractivity contribution in [1.82, 2.24) is 4.31 Å². The van der Waals surface area contributed by atoms with E-state index in [1.165, 1.54) is 0 Å². The molecule has 1 heterocycles. The first-order chi connectivity index (χ1) is 13.4. The molecule has 2 atom stereocenters. The first-order valence-corrected chi connectivity index (χ1v) is 11.0. The van der Waals surface area contributed by atoms with E-state index >= 15 is 0 Å². The summed E-state index contributed by atoms with van der Waals surface area (Å²) in [5.41, 5.74) is 2.87. The molecule has 2 unspecified atom stereocenters. The molecule has 0 spiro atoms.